The van der Waals surface area contributed by atoms with E-state index in [1.165, 1.54) is 11.8 Å². The molecule has 0 bridgehead atoms. The minimum Gasteiger partial charge on any atom is -0.293 e. The highest BCUT2D eigenvalue weighted by atomic mass is 32.2. The Hall–Kier alpha value is -0.830. The van der Waals surface area contributed by atoms with Crippen LogP contribution in [-0.2, 0) is 4.79 Å². The van der Waals surface area contributed by atoms with Gasteiger partial charge >= 0.3 is 12.1 Å². The second-order valence-corrected chi connectivity index (χ2v) is 4.99. The molecule has 0 fully saturated rings. The number of anilines is 1. The average Bonchev–Trinajstić information content (AvgIpc) is 2.61. The molecule has 4 nitrogen and oxygen atoms in total. The first-order chi connectivity index (χ1) is 7.43. The van der Waals surface area contributed by atoms with Crippen LogP contribution in [0.15, 0.2) is 4.34 Å². The van der Waals surface area contributed by atoms with Gasteiger partial charge in [0.15, 0.2) is 4.34 Å². The molecule has 0 atom stereocenters. The summed E-state index contributed by atoms with van der Waals surface area (Å²) < 4.78 is 36.2. The zero-order valence-electron chi connectivity index (χ0n) is 8.17. The number of aromatic nitrogens is 2. The lowest BCUT2D eigenvalue weighted by atomic mass is 10.6. The highest BCUT2D eigenvalue weighted by Crippen LogP contribution is 2.27. The monoisotopic (exact) mass is 271 g/mol. The van der Waals surface area contributed by atoms with Crippen LogP contribution in [0.3, 0.4) is 0 Å². The van der Waals surface area contributed by atoms with Gasteiger partial charge in [-0.25, -0.2) is 0 Å². The molecule has 0 radical (unpaired) electrons. The lowest BCUT2D eigenvalue weighted by Gasteiger charge is -2.03. The first-order valence-electron chi connectivity index (χ1n) is 4.28. The topological polar surface area (TPSA) is 54.9 Å². The fraction of sp³-hybridized carbons (Fsp3) is 0.571. The van der Waals surface area contributed by atoms with Crippen LogP contribution in [0.5, 0.6) is 0 Å². The highest BCUT2D eigenvalue weighted by Gasteiger charge is 2.39. The van der Waals surface area contributed by atoms with E-state index >= 15 is 0 Å². The Morgan fingerprint density at radius 2 is 2.19 bits per heavy atom. The number of nitrogens with zero attached hydrogens (tertiary/aromatic N) is 2. The van der Waals surface area contributed by atoms with Crippen LogP contribution >= 0.6 is 23.1 Å². The Labute approximate surface area is 97.6 Å². The lowest BCUT2D eigenvalue weighted by molar-refractivity contribution is -0.167. The molecule has 0 aliphatic carbocycles. The maximum Gasteiger partial charge on any atom is 0.471 e. The van der Waals surface area contributed by atoms with Crippen molar-refractivity contribution in [2.24, 2.45) is 0 Å². The summed E-state index contributed by atoms with van der Waals surface area (Å²) in [5.74, 6) is -1.22. The number of thioether (sulfide) groups is 1. The van der Waals surface area contributed by atoms with Gasteiger partial charge in [0.05, 0.1) is 0 Å². The molecule has 1 heterocycles. The van der Waals surface area contributed by atoms with Crippen LogP contribution in [0.25, 0.3) is 0 Å². The third-order valence-electron chi connectivity index (χ3n) is 1.31. The van der Waals surface area contributed by atoms with Gasteiger partial charge in [-0.15, -0.1) is 10.2 Å². The molecular formula is C7H8F3N3OS2. The molecule has 0 unspecified atom stereocenters. The van der Waals surface area contributed by atoms with E-state index in [2.05, 4.69) is 10.2 Å². The Kier molecular flexibility index (Phi) is 4.54. The van der Waals surface area contributed by atoms with Crippen LogP contribution in [0.2, 0.25) is 0 Å². The summed E-state index contributed by atoms with van der Waals surface area (Å²) in [4.78, 5) is 10.6. The van der Waals surface area contributed by atoms with Crippen LogP contribution in [-0.4, -0.2) is 28.0 Å². The molecule has 0 aliphatic heterocycles. The van der Waals surface area contributed by atoms with Gasteiger partial charge in [-0.3, -0.25) is 10.1 Å². The highest BCUT2D eigenvalue weighted by molar-refractivity contribution is 8.01. The molecule has 0 spiro atoms. The van der Waals surface area contributed by atoms with Crippen molar-refractivity contribution in [3.8, 4) is 0 Å². The summed E-state index contributed by atoms with van der Waals surface area (Å²) in [5, 5.41) is 8.58. The third-order valence-corrected chi connectivity index (χ3v) is 3.49. The molecule has 1 aromatic rings. The SMILES string of the molecule is CCCSc1nnc(NC(=O)C(F)(F)F)s1. The maximum atomic E-state index is 11.9. The van der Waals surface area contributed by atoms with Crippen molar-refractivity contribution in [3.05, 3.63) is 0 Å². The van der Waals surface area contributed by atoms with Crippen LogP contribution in [0, 0.1) is 0 Å². The molecule has 0 aliphatic rings. The zero-order chi connectivity index (χ0) is 12.2. The summed E-state index contributed by atoms with van der Waals surface area (Å²) in [5.41, 5.74) is 0. The van der Waals surface area contributed by atoms with Gasteiger partial charge in [-0.1, -0.05) is 30.0 Å². The standard InChI is InChI=1S/C7H8F3N3OS2/c1-2-3-15-6-13-12-5(16-6)11-4(14)7(8,9)10/h2-3H2,1H3,(H,11,12,14). The van der Waals surface area contributed by atoms with Crippen molar-refractivity contribution >= 4 is 34.1 Å². The number of amides is 1. The maximum absolute atomic E-state index is 11.9. The molecule has 90 valence electrons. The van der Waals surface area contributed by atoms with E-state index in [1.54, 1.807) is 5.32 Å². The molecule has 1 aromatic heterocycles. The van der Waals surface area contributed by atoms with Crippen molar-refractivity contribution in [1.29, 1.82) is 0 Å². The largest absolute Gasteiger partial charge is 0.471 e. The number of halogens is 3. The zero-order valence-corrected chi connectivity index (χ0v) is 9.80. The number of carbonyl (C=O) groups excluding carboxylic acids is 1. The summed E-state index contributed by atoms with van der Waals surface area (Å²) in [7, 11) is 0. The number of carbonyl (C=O) groups is 1. The predicted molar refractivity (Wildman–Crippen MR) is 55.6 cm³/mol. The first kappa shape index (κ1) is 13.2. The van der Waals surface area contributed by atoms with Gasteiger partial charge in [0, 0.05) is 5.75 Å². The molecule has 16 heavy (non-hydrogen) atoms. The first-order valence-corrected chi connectivity index (χ1v) is 6.08. The van der Waals surface area contributed by atoms with Gasteiger partial charge in [0.2, 0.25) is 5.13 Å². The fourth-order valence-corrected chi connectivity index (χ4v) is 2.35. The molecule has 0 saturated carbocycles. The van der Waals surface area contributed by atoms with Crippen LogP contribution in [0.4, 0.5) is 18.3 Å². The fourth-order valence-electron chi connectivity index (χ4n) is 0.676. The summed E-state index contributed by atoms with van der Waals surface area (Å²) in [6.45, 7) is 1.97. The summed E-state index contributed by atoms with van der Waals surface area (Å²) in [6.07, 6.45) is -3.98. The van der Waals surface area contributed by atoms with Gasteiger partial charge in [-0.2, -0.15) is 13.2 Å². The summed E-state index contributed by atoms with van der Waals surface area (Å²) in [6, 6.07) is 0. The van der Waals surface area contributed by atoms with E-state index in [4.69, 9.17) is 0 Å². The van der Waals surface area contributed by atoms with Crippen LogP contribution < -0.4 is 5.32 Å². The molecule has 0 saturated heterocycles. The number of hydrogen-bond donors (Lipinski definition) is 1. The molecule has 0 aromatic carbocycles. The van der Waals surface area contributed by atoms with E-state index < -0.39 is 12.1 Å². The Bertz CT molecular complexity index is 366. The number of nitrogens with one attached hydrogen (secondary N) is 1. The third kappa shape index (κ3) is 3.97. The predicted octanol–water partition coefficient (Wildman–Crippen LogP) is 2.54. The molecule has 1 amide bonds. The number of hydrogen-bond acceptors (Lipinski definition) is 5. The quantitative estimate of drug-likeness (QED) is 0.675. The van der Waals surface area contributed by atoms with Crippen LogP contribution in [0.1, 0.15) is 13.3 Å². The van der Waals surface area contributed by atoms with E-state index in [0.29, 0.717) is 4.34 Å². The second-order valence-electron chi connectivity index (χ2n) is 2.67. The van der Waals surface area contributed by atoms with E-state index in [1.807, 2.05) is 6.92 Å². The van der Waals surface area contributed by atoms with Crippen molar-refractivity contribution in [2.75, 3.05) is 11.1 Å². The normalized spacial score (nSPS) is 11.5. The molecular weight excluding hydrogens is 263 g/mol. The van der Waals surface area contributed by atoms with E-state index in [0.717, 1.165) is 23.5 Å². The average molecular weight is 271 g/mol. The lowest BCUT2D eigenvalue weighted by Crippen LogP contribution is -2.29. The Morgan fingerprint density at radius 1 is 1.50 bits per heavy atom. The Balaban J connectivity index is 2.55. The van der Waals surface area contributed by atoms with Crippen molar-refractivity contribution in [3.63, 3.8) is 0 Å². The Morgan fingerprint density at radius 3 is 2.75 bits per heavy atom. The van der Waals surface area contributed by atoms with Crippen molar-refractivity contribution in [1.82, 2.24) is 10.2 Å². The smallest absolute Gasteiger partial charge is 0.293 e. The number of rotatable bonds is 4. The minimum atomic E-state index is -4.90. The van der Waals surface area contributed by atoms with Crippen molar-refractivity contribution in [2.45, 2.75) is 23.9 Å². The second kappa shape index (κ2) is 5.48. The van der Waals surface area contributed by atoms with Gasteiger partial charge in [-0.05, 0) is 6.42 Å². The number of alkyl halides is 3. The molecule has 9 heteroatoms. The van der Waals surface area contributed by atoms with Crippen molar-refractivity contribution < 1.29 is 18.0 Å². The van der Waals surface area contributed by atoms with Gasteiger partial charge in [0.25, 0.3) is 0 Å². The molecule has 1 N–H and O–H groups in total. The van der Waals surface area contributed by atoms with E-state index in [9.17, 15) is 18.0 Å². The summed E-state index contributed by atoms with van der Waals surface area (Å²) >= 11 is 2.31. The minimum absolute atomic E-state index is 0.138. The van der Waals surface area contributed by atoms with E-state index in [-0.39, 0.29) is 5.13 Å². The van der Waals surface area contributed by atoms with Gasteiger partial charge < -0.3 is 0 Å². The molecule has 1 rings (SSSR count). The van der Waals surface area contributed by atoms with Gasteiger partial charge in [0.1, 0.15) is 0 Å².